The summed E-state index contributed by atoms with van der Waals surface area (Å²) in [5.74, 6) is 0.000310. The molecule has 0 unspecified atom stereocenters. The van der Waals surface area contributed by atoms with Crippen molar-refractivity contribution in [2.45, 2.75) is 49.7 Å². The van der Waals surface area contributed by atoms with E-state index in [2.05, 4.69) is 15.5 Å². The smallest absolute Gasteiger partial charge is 0.303 e. The second kappa shape index (κ2) is 6.00. The topological polar surface area (TPSA) is 80.9 Å². The number of aliphatic carboxylic acids is 1. The van der Waals surface area contributed by atoms with E-state index in [0.29, 0.717) is 12.5 Å². The Morgan fingerprint density at radius 3 is 2.94 bits per heavy atom. The van der Waals surface area contributed by atoms with Gasteiger partial charge in [-0.3, -0.25) is 4.79 Å². The molecule has 0 amide bonds. The highest BCUT2D eigenvalue weighted by Gasteiger charge is 2.21. The molecule has 17 heavy (non-hydrogen) atoms. The molecule has 1 aromatic heterocycles. The summed E-state index contributed by atoms with van der Waals surface area (Å²) >= 11 is 1.55. The monoisotopic (exact) mass is 256 g/mol. The molecule has 7 heteroatoms. The van der Waals surface area contributed by atoms with Crippen LogP contribution in [-0.4, -0.2) is 37.0 Å². The summed E-state index contributed by atoms with van der Waals surface area (Å²) in [5.41, 5.74) is 0. The van der Waals surface area contributed by atoms with Gasteiger partial charge in [0, 0.05) is 12.2 Å². The lowest BCUT2D eigenvalue weighted by molar-refractivity contribution is -0.137. The minimum absolute atomic E-state index is 0.206. The molecule has 1 aliphatic carbocycles. The number of carboxylic acids is 1. The molecule has 2 rings (SSSR count). The number of carbonyl (C=O) groups is 1. The Kier molecular flexibility index (Phi) is 4.36. The van der Waals surface area contributed by atoms with E-state index in [0.717, 1.165) is 23.8 Å². The number of tetrazole rings is 1. The van der Waals surface area contributed by atoms with Crippen LogP contribution in [-0.2, 0) is 4.79 Å². The number of hydrogen-bond donors (Lipinski definition) is 1. The quantitative estimate of drug-likeness (QED) is 0.617. The fourth-order valence-corrected chi connectivity index (χ4v) is 2.93. The molecule has 0 aromatic carbocycles. The van der Waals surface area contributed by atoms with Gasteiger partial charge in [-0.15, -0.1) is 5.10 Å². The highest BCUT2D eigenvalue weighted by Crippen LogP contribution is 2.31. The molecule has 1 aromatic rings. The fraction of sp³-hybridized carbons (Fsp3) is 0.800. The molecule has 1 N–H and O–H groups in total. The molecular weight excluding hydrogens is 240 g/mol. The van der Waals surface area contributed by atoms with Gasteiger partial charge in [0.2, 0.25) is 5.16 Å². The maximum atomic E-state index is 10.4. The van der Waals surface area contributed by atoms with Crippen LogP contribution in [0.15, 0.2) is 5.16 Å². The predicted octanol–water partition coefficient (Wildman–Crippen LogP) is 1.75. The van der Waals surface area contributed by atoms with Gasteiger partial charge in [-0.1, -0.05) is 24.6 Å². The van der Waals surface area contributed by atoms with Crippen LogP contribution < -0.4 is 0 Å². The van der Waals surface area contributed by atoms with Gasteiger partial charge in [0.05, 0.1) is 6.04 Å². The minimum atomic E-state index is -0.749. The second-order valence-corrected chi connectivity index (χ2v) is 5.25. The Balaban J connectivity index is 1.83. The molecular formula is C10H16N4O2S. The van der Waals surface area contributed by atoms with E-state index in [1.807, 2.05) is 4.68 Å². The first-order valence-corrected chi connectivity index (χ1v) is 6.88. The van der Waals surface area contributed by atoms with Crippen LogP contribution in [0.2, 0.25) is 0 Å². The van der Waals surface area contributed by atoms with E-state index >= 15 is 0 Å². The molecule has 6 nitrogen and oxygen atoms in total. The van der Waals surface area contributed by atoms with Gasteiger partial charge in [0.1, 0.15) is 0 Å². The standard InChI is InChI=1S/C10H16N4O2S/c15-9(16)6-3-7-17-10-11-12-13-14(10)8-4-1-2-5-8/h8H,1-7H2,(H,15,16). The summed E-state index contributed by atoms with van der Waals surface area (Å²) in [6.45, 7) is 0. The molecule has 1 aliphatic rings. The Morgan fingerprint density at radius 2 is 2.24 bits per heavy atom. The van der Waals surface area contributed by atoms with Crippen LogP contribution in [0.3, 0.4) is 0 Å². The molecule has 0 aliphatic heterocycles. The highest BCUT2D eigenvalue weighted by atomic mass is 32.2. The lowest BCUT2D eigenvalue weighted by atomic mass is 10.3. The van der Waals surface area contributed by atoms with Crippen molar-refractivity contribution >= 4 is 17.7 Å². The first-order valence-electron chi connectivity index (χ1n) is 5.90. The summed E-state index contributed by atoms with van der Waals surface area (Å²) in [6, 6.07) is 0.437. The summed E-state index contributed by atoms with van der Waals surface area (Å²) < 4.78 is 1.90. The van der Waals surface area contributed by atoms with Crippen LogP contribution in [0.4, 0.5) is 0 Å². The Labute approximate surface area is 104 Å². The summed E-state index contributed by atoms with van der Waals surface area (Å²) in [6.07, 6.45) is 5.64. The number of thioether (sulfide) groups is 1. The lowest BCUT2D eigenvalue weighted by Crippen LogP contribution is -2.08. The van der Waals surface area contributed by atoms with E-state index in [4.69, 9.17) is 5.11 Å². The van der Waals surface area contributed by atoms with Crippen molar-refractivity contribution in [2.75, 3.05) is 5.75 Å². The molecule has 0 radical (unpaired) electrons. The maximum absolute atomic E-state index is 10.4. The largest absolute Gasteiger partial charge is 0.481 e. The second-order valence-electron chi connectivity index (χ2n) is 4.19. The lowest BCUT2D eigenvalue weighted by Gasteiger charge is -2.10. The zero-order valence-corrected chi connectivity index (χ0v) is 10.4. The van der Waals surface area contributed by atoms with Crippen molar-refractivity contribution in [1.29, 1.82) is 0 Å². The summed E-state index contributed by atoms with van der Waals surface area (Å²) in [5, 5.41) is 21.1. The highest BCUT2D eigenvalue weighted by molar-refractivity contribution is 7.99. The van der Waals surface area contributed by atoms with Crippen molar-refractivity contribution in [1.82, 2.24) is 20.2 Å². The Hall–Kier alpha value is -1.11. The average molecular weight is 256 g/mol. The number of rotatable bonds is 6. The van der Waals surface area contributed by atoms with Crippen molar-refractivity contribution in [3.05, 3.63) is 0 Å². The van der Waals surface area contributed by atoms with Gasteiger partial charge < -0.3 is 5.11 Å². The average Bonchev–Trinajstić information content (AvgIpc) is 2.94. The molecule has 0 spiro atoms. The number of hydrogen-bond acceptors (Lipinski definition) is 5. The van der Waals surface area contributed by atoms with Crippen molar-refractivity contribution in [2.24, 2.45) is 0 Å². The first-order chi connectivity index (χ1) is 8.27. The van der Waals surface area contributed by atoms with E-state index in [1.165, 1.54) is 12.8 Å². The molecule has 0 bridgehead atoms. The van der Waals surface area contributed by atoms with E-state index in [1.54, 1.807) is 11.8 Å². The third-order valence-corrected chi connectivity index (χ3v) is 3.92. The van der Waals surface area contributed by atoms with Crippen molar-refractivity contribution < 1.29 is 9.90 Å². The summed E-state index contributed by atoms with van der Waals surface area (Å²) in [7, 11) is 0. The van der Waals surface area contributed by atoms with Gasteiger partial charge in [-0.2, -0.15) is 0 Å². The van der Waals surface area contributed by atoms with Gasteiger partial charge in [-0.25, -0.2) is 4.68 Å². The Morgan fingerprint density at radius 1 is 1.47 bits per heavy atom. The van der Waals surface area contributed by atoms with Crippen molar-refractivity contribution in [3.8, 4) is 0 Å². The Bertz CT molecular complexity index is 376. The number of nitrogens with zero attached hydrogens (tertiary/aromatic N) is 4. The van der Waals surface area contributed by atoms with Gasteiger partial charge >= 0.3 is 5.97 Å². The summed E-state index contributed by atoms with van der Waals surface area (Å²) in [4.78, 5) is 10.4. The predicted molar refractivity (Wildman–Crippen MR) is 62.9 cm³/mol. The molecule has 94 valence electrons. The number of carboxylic acid groups (broad SMARTS) is 1. The third kappa shape index (κ3) is 3.42. The molecule has 1 saturated carbocycles. The van der Waals surface area contributed by atoms with Crippen LogP contribution in [0.25, 0.3) is 0 Å². The van der Waals surface area contributed by atoms with Gasteiger partial charge in [0.25, 0.3) is 0 Å². The zero-order valence-electron chi connectivity index (χ0n) is 9.58. The van der Waals surface area contributed by atoms with E-state index in [-0.39, 0.29) is 6.42 Å². The van der Waals surface area contributed by atoms with Gasteiger partial charge in [-0.05, 0) is 29.7 Å². The first kappa shape index (κ1) is 12.3. The van der Waals surface area contributed by atoms with Crippen LogP contribution in [0, 0.1) is 0 Å². The molecule has 1 fully saturated rings. The zero-order chi connectivity index (χ0) is 12.1. The fourth-order valence-electron chi connectivity index (χ4n) is 2.05. The van der Waals surface area contributed by atoms with Crippen LogP contribution >= 0.6 is 11.8 Å². The molecule has 0 atom stereocenters. The molecule has 1 heterocycles. The van der Waals surface area contributed by atoms with Crippen LogP contribution in [0.1, 0.15) is 44.6 Å². The normalized spacial score (nSPS) is 16.5. The van der Waals surface area contributed by atoms with E-state index in [9.17, 15) is 4.79 Å². The minimum Gasteiger partial charge on any atom is -0.481 e. The number of aromatic nitrogens is 4. The maximum Gasteiger partial charge on any atom is 0.303 e. The van der Waals surface area contributed by atoms with Gasteiger partial charge in [0.15, 0.2) is 0 Å². The molecule has 0 saturated heterocycles. The van der Waals surface area contributed by atoms with E-state index < -0.39 is 5.97 Å². The van der Waals surface area contributed by atoms with Crippen LogP contribution in [0.5, 0.6) is 0 Å². The third-order valence-electron chi connectivity index (χ3n) is 2.90. The van der Waals surface area contributed by atoms with Crippen molar-refractivity contribution in [3.63, 3.8) is 0 Å². The SMILES string of the molecule is O=C(O)CCCSc1nnnn1C1CCCC1.